The van der Waals surface area contributed by atoms with Crippen LogP contribution in [-0.2, 0) is 0 Å². The highest BCUT2D eigenvalue weighted by atomic mass is 127. The molecule has 0 saturated carbocycles. The number of hydrogen-bond donors (Lipinski definition) is 0. The summed E-state index contributed by atoms with van der Waals surface area (Å²) in [5.74, 6) is 2.86. The zero-order chi connectivity index (χ0) is 16.8. The second kappa shape index (κ2) is 8.72. The summed E-state index contributed by atoms with van der Waals surface area (Å²) >= 11 is 2.46. The Kier molecular flexibility index (Phi) is 6.37. The SMILES string of the molecule is COc1ccc(OCC2CN(CI)CCC2c2ccccc2)cc1. The molecule has 1 heterocycles. The number of ether oxygens (including phenoxy) is 2. The van der Waals surface area contributed by atoms with Gasteiger partial charge < -0.3 is 9.47 Å². The molecule has 2 aromatic rings. The Bertz CT molecular complexity index is 617. The highest BCUT2D eigenvalue weighted by molar-refractivity contribution is 14.1. The summed E-state index contributed by atoms with van der Waals surface area (Å²) in [4.78, 5) is 2.52. The molecule has 1 saturated heterocycles. The van der Waals surface area contributed by atoms with Gasteiger partial charge in [-0.25, -0.2) is 0 Å². The van der Waals surface area contributed by atoms with E-state index in [9.17, 15) is 0 Å². The van der Waals surface area contributed by atoms with Crippen molar-refractivity contribution in [3.05, 3.63) is 60.2 Å². The lowest BCUT2D eigenvalue weighted by Gasteiger charge is -2.38. The van der Waals surface area contributed by atoms with Crippen molar-refractivity contribution in [3.63, 3.8) is 0 Å². The molecule has 0 bridgehead atoms. The average Bonchev–Trinajstić information content (AvgIpc) is 2.67. The molecule has 24 heavy (non-hydrogen) atoms. The first-order chi connectivity index (χ1) is 11.8. The number of benzene rings is 2. The molecule has 1 aliphatic heterocycles. The number of methoxy groups -OCH3 is 1. The van der Waals surface area contributed by atoms with Gasteiger partial charge in [0.05, 0.1) is 18.3 Å². The van der Waals surface area contributed by atoms with E-state index in [2.05, 4.69) is 57.8 Å². The van der Waals surface area contributed by atoms with Gasteiger partial charge in [0, 0.05) is 12.5 Å². The van der Waals surface area contributed by atoms with E-state index >= 15 is 0 Å². The minimum atomic E-state index is 0.512. The fourth-order valence-electron chi connectivity index (χ4n) is 3.40. The molecule has 4 heteroatoms. The van der Waals surface area contributed by atoms with Gasteiger partial charge in [-0.05, 0) is 48.7 Å². The maximum Gasteiger partial charge on any atom is 0.119 e. The largest absolute Gasteiger partial charge is 0.497 e. The fourth-order valence-corrected chi connectivity index (χ4v) is 4.02. The van der Waals surface area contributed by atoms with Crippen LogP contribution in [0.25, 0.3) is 0 Å². The third kappa shape index (κ3) is 4.42. The Balaban J connectivity index is 1.68. The minimum Gasteiger partial charge on any atom is -0.497 e. The molecule has 3 nitrogen and oxygen atoms in total. The third-order valence-corrected chi connectivity index (χ3v) is 5.70. The summed E-state index contributed by atoms with van der Waals surface area (Å²) in [6, 6.07) is 18.7. The van der Waals surface area contributed by atoms with Crippen LogP contribution in [0.2, 0.25) is 0 Å². The van der Waals surface area contributed by atoms with Gasteiger partial charge in [-0.3, -0.25) is 4.90 Å². The van der Waals surface area contributed by atoms with Gasteiger partial charge in [0.2, 0.25) is 0 Å². The normalized spacial score (nSPS) is 21.4. The van der Waals surface area contributed by atoms with Gasteiger partial charge in [0.15, 0.2) is 0 Å². The quantitative estimate of drug-likeness (QED) is 0.376. The van der Waals surface area contributed by atoms with Gasteiger partial charge in [0.1, 0.15) is 11.5 Å². The van der Waals surface area contributed by atoms with Crippen molar-refractivity contribution >= 4 is 22.6 Å². The Morgan fingerprint density at radius 2 is 1.75 bits per heavy atom. The molecule has 3 rings (SSSR count). The van der Waals surface area contributed by atoms with Crippen LogP contribution in [0.3, 0.4) is 0 Å². The third-order valence-electron chi connectivity index (χ3n) is 4.74. The summed E-state index contributed by atoms with van der Waals surface area (Å²) in [5, 5.41) is 0. The van der Waals surface area contributed by atoms with Crippen molar-refractivity contribution < 1.29 is 9.47 Å². The molecule has 2 aromatic carbocycles. The van der Waals surface area contributed by atoms with E-state index in [4.69, 9.17) is 9.47 Å². The summed E-state index contributed by atoms with van der Waals surface area (Å²) in [5.41, 5.74) is 1.44. The van der Waals surface area contributed by atoms with Crippen LogP contribution in [0.15, 0.2) is 54.6 Å². The number of rotatable bonds is 6. The van der Waals surface area contributed by atoms with Crippen LogP contribution in [0.1, 0.15) is 17.9 Å². The van der Waals surface area contributed by atoms with Gasteiger partial charge in [-0.15, -0.1) is 0 Å². The first-order valence-corrected chi connectivity index (χ1v) is 9.93. The van der Waals surface area contributed by atoms with Crippen molar-refractivity contribution in [2.24, 2.45) is 5.92 Å². The van der Waals surface area contributed by atoms with Crippen molar-refractivity contribution in [2.45, 2.75) is 12.3 Å². The van der Waals surface area contributed by atoms with Crippen molar-refractivity contribution in [2.75, 3.05) is 31.4 Å². The van der Waals surface area contributed by atoms with Crippen molar-refractivity contribution in [3.8, 4) is 11.5 Å². The Morgan fingerprint density at radius 1 is 1.04 bits per heavy atom. The Labute approximate surface area is 158 Å². The Morgan fingerprint density at radius 3 is 2.42 bits per heavy atom. The summed E-state index contributed by atoms with van der Waals surface area (Å²) in [7, 11) is 1.68. The average molecular weight is 437 g/mol. The number of alkyl halides is 1. The molecule has 1 aliphatic rings. The van der Waals surface area contributed by atoms with Crippen LogP contribution < -0.4 is 9.47 Å². The maximum atomic E-state index is 6.10. The first kappa shape index (κ1) is 17.5. The van der Waals surface area contributed by atoms with Gasteiger partial charge >= 0.3 is 0 Å². The van der Waals surface area contributed by atoms with E-state index in [0.717, 1.165) is 29.2 Å². The van der Waals surface area contributed by atoms with Crippen LogP contribution in [-0.4, -0.2) is 36.3 Å². The standard InChI is InChI=1S/C20H24INO2/c1-23-18-7-9-19(10-8-18)24-14-17-13-22(15-21)12-11-20(17)16-5-3-2-4-6-16/h2-10,17,20H,11-15H2,1H3. The van der Waals surface area contributed by atoms with Crippen LogP contribution in [0, 0.1) is 5.92 Å². The van der Waals surface area contributed by atoms with Crippen molar-refractivity contribution in [1.29, 1.82) is 0 Å². The van der Waals surface area contributed by atoms with E-state index in [1.165, 1.54) is 18.5 Å². The van der Waals surface area contributed by atoms with Crippen molar-refractivity contribution in [1.82, 2.24) is 4.90 Å². The molecule has 2 unspecified atom stereocenters. The molecule has 0 N–H and O–H groups in total. The smallest absolute Gasteiger partial charge is 0.119 e. The molecule has 0 aromatic heterocycles. The second-order valence-corrected chi connectivity index (χ2v) is 6.93. The maximum absolute atomic E-state index is 6.10. The number of halogens is 1. The Hall–Kier alpha value is -1.27. The second-order valence-electron chi connectivity index (χ2n) is 6.25. The first-order valence-electron chi connectivity index (χ1n) is 8.40. The zero-order valence-electron chi connectivity index (χ0n) is 14.0. The minimum absolute atomic E-state index is 0.512. The molecular formula is C20H24INO2. The molecule has 0 aliphatic carbocycles. The lowest BCUT2D eigenvalue weighted by Crippen LogP contribution is -2.41. The topological polar surface area (TPSA) is 21.7 Å². The van der Waals surface area contributed by atoms with Gasteiger partial charge in [-0.2, -0.15) is 0 Å². The zero-order valence-corrected chi connectivity index (χ0v) is 16.2. The van der Waals surface area contributed by atoms with E-state index in [1.807, 2.05) is 24.3 Å². The van der Waals surface area contributed by atoms with E-state index in [-0.39, 0.29) is 0 Å². The predicted molar refractivity (Wildman–Crippen MR) is 106 cm³/mol. The number of likely N-dealkylation sites (tertiary alicyclic amines) is 1. The lowest BCUT2D eigenvalue weighted by atomic mass is 9.81. The van der Waals surface area contributed by atoms with E-state index in [1.54, 1.807) is 7.11 Å². The van der Waals surface area contributed by atoms with E-state index < -0.39 is 0 Å². The molecule has 2 atom stereocenters. The van der Waals surface area contributed by atoms with Gasteiger partial charge in [0.25, 0.3) is 0 Å². The molecule has 128 valence electrons. The number of nitrogens with zero attached hydrogens (tertiary/aromatic N) is 1. The number of hydrogen-bond acceptors (Lipinski definition) is 3. The van der Waals surface area contributed by atoms with Crippen LogP contribution >= 0.6 is 22.6 Å². The molecule has 0 spiro atoms. The van der Waals surface area contributed by atoms with Crippen LogP contribution in [0.5, 0.6) is 11.5 Å². The molecule has 0 amide bonds. The highest BCUT2D eigenvalue weighted by Crippen LogP contribution is 2.33. The summed E-state index contributed by atoms with van der Waals surface area (Å²) in [6.45, 7) is 3.01. The number of piperidine rings is 1. The molecule has 1 fully saturated rings. The summed E-state index contributed by atoms with van der Waals surface area (Å²) < 4.78 is 12.4. The monoisotopic (exact) mass is 437 g/mol. The van der Waals surface area contributed by atoms with E-state index in [0.29, 0.717) is 11.8 Å². The summed E-state index contributed by atoms with van der Waals surface area (Å²) in [6.07, 6.45) is 1.20. The van der Waals surface area contributed by atoms with Crippen LogP contribution in [0.4, 0.5) is 0 Å². The highest BCUT2D eigenvalue weighted by Gasteiger charge is 2.30. The fraction of sp³-hybridized carbons (Fsp3) is 0.400. The predicted octanol–water partition coefficient (Wildman–Crippen LogP) is 4.57. The molecular weight excluding hydrogens is 413 g/mol. The lowest BCUT2D eigenvalue weighted by molar-refractivity contribution is 0.127. The molecule has 0 radical (unpaired) electrons. The van der Waals surface area contributed by atoms with Gasteiger partial charge in [-0.1, -0.05) is 52.9 Å².